The number of nitro benzene ring substituents is 1. The fourth-order valence-corrected chi connectivity index (χ4v) is 2.93. The minimum Gasteiger partial charge on any atom is -0.466 e. The number of benzene rings is 2. The largest absolute Gasteiger partial charge is 0.466 e. The number of rotatable bonds is 11. The van der Waals surface area contributed by atoms with E-state index in [2.05, 4.69) is 16.0 Å². The zero-order chi connectivity index (χ0) is 25.1. The van der Waals surface area contributed by atoms with Crippen LogP contribution in [0.4, 0.5) is 16.2 Å². The van der Waals surface area contributed by atoms with Crippen LogP contribution in [0.3, 0.4) is 0 Å². The summed E-state index contributed by atoms with van der Waals surface area (Å²) in [7, 11) is 0. The molecule has 34 heavy (non-hydrogen) atoms. The number of carbonyl (C=O) groups excluding carboxylic acids is 3. The molecule has 0 fully saturated rings. The molecule has 0 aliphatic heterocycles. The van der Waals surface area contributed by atoms with Crippen molar-refractivity contribution in [3.63, 3.8) is 0 Å². The van der Waals surface area contributed by atoms with Crippen LogP contribution in [0.25, 0.3) is 0 Å². The highest BCUT2D eigenvalue weighted by molar-refractivity contribution is 5.96. The van der Waals surface area contributed by atoms with Crippen LogP contribution in [0.2, 0.25) is 0 Å². The third-order valence-electron chi connectivity index (χ3n) is 4.61. The first-order valence-corrected chi connectivity index (χ1v) is 10.4. The third-order valence-corrected chi connectivity index (χ3v) is 4.61. The van der Waals surface area contributed by atoms with Gasteiger partial charge in [-0.15, -0.1) is 0 Å². The molecule has 12 heteroatoms. The molecule has 2 aromatic rings. The molecule has 180 valence electrons. The molecular weight excluding hydrogens is 444 g/mol. The lowest BCUT2D eigenvalue weighted by Crippen LogP contribution is -2.36. The quantitative estimate of drug-likeness (QED) is 0.109. The molecule has 0 saturated carbocycles. The number of amidine groups is 1. The Morgan fingerprint density at radius 1 is 1.12 bits per heavy atom. The van der Waals surface area contributed by atoms with Crippen molar-refractivity contribution in [2.75, 3.05) is 18.5 Å². The van der Waals surface area contributed by atoms with E-state index in [1.54, 1.807) is 31.2 Å². The highest BCUT2D eigenvalue weighted by Gasteiger charge is 2.20. The SMILES string of the molecule is CCOC(=O)CCNC(=O)CC(NC(=O)Nc1ccc(C(=N)N)cc1)c1ccc([N+](=O)[O-])cc1. The summed E-state index contributed by atoms with van der Waals surface area (Å²) in [5, 5.41) is 26.2. The smallest absolute Gasteiger partial charge is 0.319 e. The predicted octanol–water partition coefficient (Wildman–Crippen LogP) is 2.20. The number of carbonyl (C=O) groups is 3. The van der Waals surface area contributed by atoms with Gasteiger partial charge in [-0.05, 0) is 36.8 Å². The maximum atomic E-state index is 12.6. The lowest BCUT2D eigenvalue weighted by Gasteiger charge is -2.19. The van der Waals surface area contributed by atoms with E-state index in [0.29, 0.717) is 16.8 Å². The normalized spacial score (nSPS) is 11.1. The molecule has 1 atom stereocenters. The van der Waals surface area contributed by atoms with E-state index in [-0.39, 0.29) is 37.5 Å². The first-order chi connectivity index (χ1) is 16.2. The molecule has 6 N–H and O–H groups in total. The van der Waals surface area contributed by atoms with Crippen molar-refractivity contribution in [2.45, 2.75) is 25.8 Å². The molecule has 12 nitrogen and oxygen atoms in total. The number of urea groups is 1. The number of amides is 3. The number of nitrogen functional groups attached to an aromatic ring is 1. The maximum absolute atomic E-state index is 12.6. The standard InChI is InChI=1S/C22H26N6O6/c1-2-34-20(30)11-12-25-19(29)13-18(14-5-9-17(10-6-14)28(32)33)27-22(31)26-16-7-3-15(4-8-16)21(23)24/h3-10,18H,2,11-13H2,1H3,(H3,23,24)(H,25,29)(H2,26,27,31). The Labute approximate surface area is 195 Å². The predicted molar refractivity (Wildman–Crippen MR) is 124 cm³/mol. The summed E-state index contributed by atoms with van der Waals surface area (Å²) in [6.07, 6.45) is -0.163. The molecule has 0 aromatic heterocycles. The molecule has 2 rings (SSSR count). The lowest BCUT2D eigenvalue weighted by atomic mass is 10.0. The number of hydrogen-bond donors (Lipinski definition) is 5. The van der Waals surface area contributed by atoms with E-state index < -0.39 is 28.9 Å². The van der Waals surface area contributed by atoms with Gasteiger partial charge in [0.1, 0.15) is 5.84 Å². The van der Waals surface area contributed by atoms with Gasteiger partial charge in [0.15, 0.2) is 0 Å². The van der Waals surface area contributed by atoms with Crippen LogP contribution >= 0.6 is 0 Å². The average Bonchev–Trinajstić information content (AvgIpc) is 2.79. The van der Waals surface area contributed by atoms with Gasteiger partial charge in [0.25, 0.3) is 5.69 Å². The van der Waals surface area contributed by atoms with Crippen LogP contribution in [-0.2, 0) is 14.3 Å². The fourth-order valence-electron chi connectivity index (χ4n) is 2.93. The molecule has 0 aliphatic rings. The first kappa shape index (κ1) is 25.8. The summed E-state index contributed by atoms with van der Waals surface area (Å²) < 4.78 is 4.81. The highest BCUT2D eigenvalue weighted by Crippen LogP contribution is 2.21. The lowest BCUT2D eigenvalue weighted by molar-refractivity contribution is -0.384. The zero-order valence-electron chi connectivity index (χ0n) is 18.5. The molecule has 0 radical (unpaired) electrons. The molecule has 0 heterocycles. The Hall–Kier alpha value is -4.48. The van der Waals surface area contributed by atoms with Gasteiger partial charge in [0.2, 0.25) is 5.91 Å². The Bertz CT molecular complexity index is 1040. The van der Waals surface area contributed by atoms with Gasteiger partial charge in [-0.1, -0.05) is 12.1 Å². The van der Waals surface area contributed by atoms with Crippen LogP contribution in [0, 0.1) is 15.5 Å². The minimum atomic E-state index is -0.806. The van der Waals surface area contributed by atoms with Crippen LogP contribution in [-0.4, -0.2) is 41.8 Å². The van der Waals surface area contributed by atoms with Gasteiger partial charge in [-0.3, -0.25) is 25.1 Å². The summed E-state index contributed by atoms with van der Waals surface area (Å²) in [5.74, 6) is -0.981. The van der Waals surface area contributed by atoms with Gasteiger partial charge in [-0.25, -0.2) is 4.79 Å². The number of hydrogen-bond acceptors (Lipinski definition) is 7. The van der Waals surface area contributed by atoms with Crippen molar-refractivity contribution < 1.29 is 24.0 Å². The number of nitrogens with two attached hydrogens (primary N) is 1. The van der Waals surface area contributed by atoms with Crippen LogP contribution in [0.15, 0.2) is 48.5 Å². The van der Waals surface area contributed by atoms with E-state index in [1.807, 2.05) is 0 Å². The summed E-state index contributed by atoms with van der Waals surface area (Å²) in [6.45, 7) is 1.99. The van der Waals surface area contributed by atoms with Crippen molar-refractivity contribution in [3.8, 4) is 0 Å². The van der Waals surface area contributed by atoms with Gasteiger partial charge < -0.3 is 26.4 Å². The number of nitro groups is 1. The van der Waals surface area contributed by atoms with E-state index in [9.17, 15) is 24.5 Å². The van der Waals surface area contributed by atoms with E-state index in [1.165, 1.54) is 24.3 Å². The molecule has 1 unspecified atom stereocenters. The van der Waals surface area contributed by atoms with Crippen LogP contribution in [0.1, 0.15) is 36.9 Å². The minimum absolute atomic E-state index is 0.00590. The molecule has 0 aliphatic carbocycles. The number of esters is 1. The number of non-ortho nitro benzene ring substituents is 1. The molecule has 0 spiro atoms. The Morgan fingerprint density at radius 3 is 2.32 bits per heavy atom. The third kappa shape index (κ3) is 8.22. The van der Waals surface area contributed by atoms with Gasteiger partial charge in [-0.2, -0.15) is 0 Å². The Balaban J connectivity index is 2.07. The van der Waals surface area contributed by atoms with E-state index in [0.717, 1.165) is 0 Å². The molecular formula is C22H26N6O6. The highest BCUT2D eigenvalue weighted by atomic mass is 16.6. The average molecular weight is 470 g/mol. The summed E-state index contributed by atoms with van der Waals surface area (Å²) in [4.78, 5) is 46.8. The molecule has 0 saturated heterocycles. The number of anilines is 1. The first-order valence-electron chi connectivity index (χ1n) is 10.4. The van der Waals surface area contributed by atoms with Crippen molar-refractivity contribution in [1.29, 1.82) is 5.41 Å². The second-order valence-electron chi connectivity index (χ2n) is 7.10. The summed E-state index contributed by atoms with van der Waals surface area (Å²) >= 11 is 0. The molecule has 0 bridgehead atoms. The molecule has 3 amide bonds. The number of nitrogens with zero attached hydrogens (tertiary/aromatic N) is 1. The van der Waals surface area contributed by atoms with Crippen molar-refractivity contribution in [1.82, 2.24) is 10.6 Å². The fraction of sp³-hybridized carbons (Fsp3) is 0.273. The monoisotopic (exact) mass is 470 g/mol. The van der Waals surface area contributed by atoms with Crippen molar-refractivity contribution >= 4 is 35.1 Å². The van der Waals surface area contributed by atoms with Gasteiger partial charge in [0, 0.05) is 29.9 Å². The van der Waals surface area contributed by atoms with Gasteiger partial charge >= 0.3 is 12.0 Å². The maximum Gasteiger partial charge on any atom is 0.319 e. The second kappa shape index (κ2) is 12.5. The number of ether oxygens (including phenoxy) is 1. The topological polar surface area (TPSA) is 190 Å². The Morgan fingerprint density at radius 2 is 1.76 bits per heavy atom. The van der Waals surface area contributed by atoms with Crippen molar-refractivity contribution in [3.05, 3.63) is 69.8 Å². The zero-order valence-corrected chi connectivity index (χ0v) is 18.5. The Kier molecular flexibility index (Phi) is 9.50. The van der Waals surface area contributed by atoms with Crippen molar-refractivity contribution in [2.24, 2.45) is 5.73 Å². The van der Waals surface area contributed by atoms with Crippen LogP contribution in [0.5, 0.6) is 0 Å². The second-order valence-corrected chi connectivity index (χ2v) is 7.10. The van der Waals surface area contributed by atoms with Gasteiger partial charge in [0.05, 0.1) is 30.4 Å². The number of nitrogens with one attached hydrogen (secondary N) is 4. The van der Waals surface area contributed by atoms with E-state index in [4.69, 9.17) is 15.9 Å². The summed E-state index contributed by atoms with van der Waals surface area (Å²) in [5.41, 5.74) is 6.70. The molecule has 2 aromatic carbocycles. The van der Waals surface area contributed by atoms with Crippen LogP contribution < -0.4 is 21.7 Å². The van der Waals surface area contributed by atoms with E-state index >= 15 is 0 Å². The summed E-state index contributed by atoms with van der Waals surface area (Å²) in [6, 6.07) is 10.3.